The summed E-state index contributed by atoms with van der Waals surface area (Å²) in [4.78, 5) is 26.4. The summed E-state index contributed by atoms with van der Waals surface area (Å²) >= 11 is 0. The van der Waals surface area contributed by atoms with Gasteiger partial charge in [0.15, 0.2) is 0 Å². The molecule has 1 fully saturated rings. The molecule has 180 valence electrons. The minimum atomic E-state index is -0.258. The Labute approximate surface area is 205 Å². The molecule has 0 bridgehead atoms. The molecular formula is C27H29FN6O. The molecule has 7 nitrogen and oxygen atoms in total. The number of urea groups is 1. The van der Waals surface area contributed by atoms with Crippen LogP contribution in [-0.2, 0) is 12.8 Å². The van der Waals surface area contributed by atoms with Gasteiger partial charge < -0.3 is 15.1 Å². The Morgan fingerprint density at radius 2 is 1.94 bits per heavy atom. The predicted octanol–water partition coefficient (Wildman–Crippen LogP) is 4.69. The van der Waals surface area contributed by atoms with Gasteiger partial charge in [-0.2, -0.15) is 5.26 Å². The van der Waals surface area contributed by atoms with Crippen molar-refractivity contribution in [2.75, 3.05) is 36.4 Å². The standard InChI is InChI=1S/C27H29FN6O/c1-3-25-24(17-20-7-4-9-22(28)15-20)26(31-19(2)30-25)33-11-6-12-34(14-13-33)27(35)32-23-10-5-8-21(16-23)18-29/h4-5,7-10,15-16H,3,6,11-14,17H2,1-2H3,(H,32,35). The fraction of sp³-hybridized carbons (Fsp3) is 0.333. The van der Waals surface area contributed by atoms with E-state index in [0.29, 0.717) is 43.1 Å². The van der Waals surface area contributed by atoms with Gasteiger partial charge in [0.25, 0.3) is 0 Å². The Balaban J connectivity index is 1.53. The summed E-state index contributed by atoms with van der Waals surface area (Å²) in [6, 6.07) is 15.4. The monoisotopic (exact) mass is 472 g/mol. The van der Waals surface area contributed by atoms with Crippen molar-refractivity contribution < 1.29 is 9.18 Å². The number of nitriles is 1. The molecule has 4 rings (SSSR count). The zero-order valence-electron chi connectivity index (χ0n) is 20.1. The Kier molecular flexibility index (Phi) is 7.56. The minimum absolute atomic E-state index is 0.185. The Morgan fingerprint density at radius 1 is 1.11 bits per heavy atom. The Hall–Kier alpha value is -3.99. The molecule has 0 saturated carbocycles. The van der Waals surface area contributed by atoms with Crippen LogP contribution in [0, 0.1) is 24.1 Å². The number of halogens is 1. The fourth-order valence-corrected chi connectivity index (χ4v) is 4.43. The Morgan fingerprint density at radius 3 is 2.71 bits per heavy atom. The van der Waals surface area contributed by atoms with Crippen LogP contribution in [0.1, 0.15) is 41.6 Å². The van der Waals surface area contributed by atoms with Gasteiger partial charge in [-0.15, -0.1) is 0 Å². The molecule has 1 aromatic heterocycles. The number of hydrogen-bond donors (Lipinski definition) is 1. The number of aromatic nitrogens is 2. The highest BCUT2D eigenvalue weighted by Gasteiger charge is 2.24. The van der Waals surface area contributed by atoms with Crippen molar-refractivity contribution in [2.45, 2.75) is 33.1 Å². The largest absolute Gasteiger partial charge is 0.354 e. The summed E-state index contributed by atoms with van der Waals surface area (Å²) in [5, 5.41) is 12.0. The second-order valence-electron chi connectivity index (χ2n) is 8.63. The SMILES string of the molecule is CCc1nc(C)nc(N2CCCN(C(=O)Nc3cccc(C#N)c3)CC2)c1Cc1cccc(F)c1. The van der Waals surface area contributed by atoms with Crippen LogP contribution in [0.5, 0.6) is 0 Å². The number of hydrogen-bond acceptors (Lipinski definition) is 5. The summed E-state index contributed by atoms with van der Waals surface area (Å²) in [5.41, 5.74) is 3.96. The van der Waals surface area contributed by atoms with Crippen molar-refractivity contribution in [3.8, 4) is 6.07 Å². The molecule has 2 amide bonds. The summed E-state index contributed by atoms with van der Waals surface area (Å²) < 4.78 is 13.8. The molecule has 35 heavy (non-hydrogen) atoms. The second-order valence-corrected chi connectivity index (χ2v) is 8.63. The van der Waals surface area contributed by atoms with Crippen LogP contribution in [0.15, 0.2) is 48.5 Å². The number of aryl methyl sites for hydroxylation is 2. The number of anilines is 2. The molecule has 1 aliphatic heterocycles. The van der Waals surface area contributed by atoms with E-state index in [-0.39, 0.29) is 11.8 Å². The number of nitrogens with zero attached hydrogens (tertiary/aromatic N) is 5. The molecule has 1 aliphatic rings. The first-order valence-electron chi connectivity index (χ1n) is 11.9. The fourth-order valence-electron chi connectivity index (χ4n) is 4.43. The minimum Gasteiger partial charge on any atom is -0.354 e. The lowest BCUT2D eigenvalue weighted by atomic mass is 10.0. The molecule has 1 N–H and O–H groups in total. The van der Waals surface area contributed by atoms with Crippen LogP contribution in [0.25, 0.3) is 0 Å². The van der Waals surface area contributed by atoms with E-state index >= 15 is 0 Å². The van der Waals surface area contributed by atoms with E-state index in [9.17, 15) is 9.18 Å². The number of rotatable bonds is 5. The average Bonchev–Trinajstić information content (AvgIpc) is 3.11. The summed E-state index contributed by atoms with van der Waals surface area (Å²) in [7, 11) is 0. The van der Waals surface area contributed by atoms with E-state index in [1.54, 1.807) is 41.3 Å². The highest BCUT2D eigenvalue weighted by molar-refractivity contribution is 5.89. The summed E-state index contributed by atoms with van der Waals surface area (Å²) in [6.07, 6.45) is 2.09. The molecule has 0 atom stereocenters. The van der Waals surface area contributed by atoms with Crippen LogP contribution in [-0.4, -0.2) is 47.1 Å². The van der Waals surface area contributed by atoms with Crippen LogP contribution in [0.3, 0.4) is 0 Å². The van der Waals surface area contributed by atoms with Crippen LogP contribution in [0.2, 0.25) is 0 Å². The molecule has 3 aromatic rings. The molecule has 0 spiro atoms. The van der Waals surface area contributed by atoms with E-state index < -0.39 is 0 Å². The first-order valence-corrected chi connectivity index (χ1v) is 11.9. The quantitative estimate of drug-likeness (QED) is 0.582. The highest BCUT2D eigenvalue weighted by Crippen LogP contribution is 2.26. The molecule has 2 aromatic carbocycles. The lowest BCUT2D eigenvalue weighted by Gasteiger charge is -2.26. The smallest absolute Gasteiger partial charge is 0.321 e. The van der Waals surface area contributed by atoms with Gasteiger partial charge in [0.05, 0.1) is 11.6 Å². The maximum absolute atomic E-state index is 13.8. The van der Waals surface area contributed by atoms with E-state index in [4.69, 9.17) is 10.2 Å². The lowest BCUT2D eigenvalue weighted by Crippen LogP contribution is -2.38. The average molecular weight is 473 g/mol. The number of carbonyl (C=O) groups excluding carboxylic acids is 1. The zero-order valence-corrected chi connectivity index (χ0v) is 20.1. The van der Waals surface area contributed by atoms with Gasteiger partial charge in [-0.25, -0.2) is 19.2 Å². The van der Waals surface area contributed by atoms with Gasteiger partial charge in [0.2, 0.25) is 0 Å². The van der Waals surface area contributed by atoms with Crippen molar-refractivity contribution in [1.82, 2.24) is 14.9 Å². The first kappa shape index (κ1) is 24.1. The normalized spacial score (nSPS) is 13.8. The first-order chi connectivity index (χ1) is 17.0. The number of carbonyl (C=O) groups is 1. The van der Waals surface area contributed by atoms with Crippen LogP contribution < -0.4 is 10.2 Å². The second kappa shape index (κ2) is 11.0. The van der Waals surface area contributed by atoms with Gasteiger partial charge in [-0.05, 0) is 55.7 Å². The Bertz CT molecular complexity index is 1250. The maximum Gasteiger partial charge on any atom is 0.321 e. The lowest BCUT2D eigenvalue weighted by molar-refractivity contribution is 0.215. The van der Waals surface area contributed by atoms with Crippen LogP contribution in [0.4, 0.5) is 20.7 Å². The van der Waals surface area contributed by atoms with Gasteiger partial charge >= 0.3 is 6.03 Å². The summed E-state index contributed by atoms with van der Waals surface area (Å²) in [6.45, 7) is 6.49. The zero-order chi connectivity index (χ0) is 24.8. The van der Waals surface area contributed by atoms with Gasteiger partial charge in [-0.1, -0.05) is 25.1 Å². The summed E-state index contributed by atoms with van der Waals surface area (Å²) in [5.74, 6) is 1.31. The van der Waals surface area contributed by atoms with E-state index in [1.165, 1.54) is 6.07 Å². The molecule has 0 aliphatic carbocycles. The number of benzene rings is 2. The molecule has 8 heteroatoms. The third kappa shape index (κ3) is 5.93. The van der Waals surface area contributed by atoms with E-state index in [1.807, 2.05) is 13.0 Å². The van der Waals surface area contributed by atoms with Crippen molar-refractivity contribution in [2.24, 2.45) is 0 Å². The predicted molar refractivity (Wildman–Crippen MR) is 134 cm³/mol. The third-order valence-corrected chi connectivity index (χ3v) is 6.11. The van der Waals surface area contributed by atoms with Crippen LogP contribution >= 0.6 is 0 Å². The molecule has 0 radical (unpaired) electrons. The molecule has 0 unspecified atom stereocenters. The van der Waals surface area contributed by atoms with Crippen molar-refractivity contribution in [3.05, 3.63) is 82.6 Å². The van der Waals surface area contributed by atoms with E-state index in [0.717, 1.165) is 42.0 Å². The molecule has 2 heterocycles. The number of nitrogens with one attached hydrogen (secondary N) is 1. The molecule has 1 saturated heterocycles. The van der Waals surface area contributed by atoms with Crippen molar-refractivity contribution in [1.29, 1.82) is 5.26 Å². The van der Waals surface area contributed by atoms with E-state index in [2.05, 4.69) is 28.2 Å². The van der Waals surface area contributed by atoms with Crippen molar-refractivity contribution in [3.63, 3.8) is 0 Å². The highest BCUT2D eigenvalue weighted by atomic mass is 19.1. The van der Waals surface area contributed by atoms with Gasteiger partial charge in [-0.3, -0.25) is 0 Å². The maximum atomic E-state index is 13.8. The number of amides is 2. The van der Waals surface area contributed by atoms with Gasteiger partial charge in [0, 0.05) is 49.5 Å². The molecular weight excluding hydrogens is 443 g/mol. The topological polar surface area (TPSA) is 85.2 Å². The van der Waals surface area contributed by atoms with Crippen molar-refractivity contribution >= 4 is 17.5 Å². The third-order valence-electron chi connectivity index (χ3n) is 6.11. The van der Waals surface area contributed by atoms with Gasteiger partial charge in [0.1, 0.15) is 17.5 Å².